The molecule has 5 heteroatoms. The third-order valence-corrected chi connectivity index (χ3v) is 2.96. The van der Waals surface area contributed by atoms with E-state index in [0.29, 0.717) is 11.9 Å². The quantitative estimate of drug-likeness (QED) is 0.806. The second kappa shape index (κ2) is 6.54. The Kier molecular flexibility index (Phi) is 4.75. The van der Waals surface area contributed by atoms with Gasteiger partial charge < -0.3 is 15.4 Å². The molecular formula is C13H22N4O. The van der Waals surface area contributed by atoms with Crippen molar-refractivity contribution >= 4 is 5.82 Å². The molecule has 0 amide bonds. The van der Waals surface area contributed by atoms with E-state index in [1.54, 1.807) is 0 Å². The van der Waals surface area contributed by atoms with Crippen LogP contribution in [0.5, 0.6) is 5.88 Å². The monoisotopic (exact) mass is 250 g/mol. The van der Waals surface area contributed by atoms with Gasteiger partial charge in [-0.2, -0.15) is 0 Å². The summed E-state index contributed by atoms with van der Waals surface area (Å²) in [5.41, 5.74) is 0. The van der Waals surface area contributed by atoms with Gasteiger partial charge in [0.2, 0.25) is 5.88 Å². The van der Waals surface area contributed by atoms with Crippen molar-refractivity contribution in [1.29, 1.82) is 0 Å². The summed E-state index contributed by atoms with van der Waals surface area (Å²) in [4.78, 5) is 8.27. The van der Waals surface area contributed by atoms with Crippen LogP contribution in [0.3, 0.4) is 0 Å². The van der Waals surface area contributed by atoms with Crippen LogP contribution in [-0.2, 0) is 0 Å². The van der Waals surface area contributed by atoms with Crippen LogP contribution in [0.25, 0.3) is 0 Å². The highest BCUT2D eigenvalue weighted by Crippen LogP contribution is 2.13. The van der Waals surface area contributed by atoms with Gasteiger partial charge in [0.25, 0.3) is 0 Å². The molecule has 1 aliphatic heterocycles. The maximum atomic E-state index is 5.53. The lowest BCUT2D eigenvalue weighted by molar-refractivity contribution is 0.232. The third-order valence-electron chi connectivity index (χ3n) is 2.96. The molecular weight excluding hydrogens is 228 g/mol. The van der Waals surface area contributed by atoms with Crippen molar-refractivity contribution in [3.05, 3.63) is 12.4 Å². The zero-order valence-electron chi connectivity index (χ0n) is 11.1. The van der Waals surface area contributed by atoms with Crippen LogP contribution in [-0.4, -0.2) is 35.2 Å². The van der Waals surface area contributed by atoms with E-state index < -0.39 is 0 Å². The number of hydrogen-bond acceptors (Lipinski definition) is 5. The maximum absolute atomic E-state index is 5.53. The highest BCUT2D eigenvalue weighted by atomic mass is 16.5. The number of nitrogens with one attached hydrogen (secondary N) is 2. The molecule has 5 nitrogen and oxygen atoms in total. The Morgan fingerprint density at radius 1 is 1.50 bits per heavy atom. The third kappa shape index (κ3) is 4.14. The lowest BCUT2D eigenvalue weighted by Crippen LogP contribution is -2.24. The molecule has 1 saturated heterocycles. The number of hydrogen-bond donors (Lipinski definition) is 2. The number of aromatic nitrogens is 2. The van der Waals surface area contributed by atoms with Crippen LogP contribution in [0, 0.1) is 0 Å². The van der Waals surface area contributed by atoms with Gasteiger partial charge in [-0.1, -0.05) is 0 Å². The average Bonchev–Trinajstić information content (AvgIpc) is 2.82. The Labute approximate surface area is 108 Å². The molecule has 1 atom stereocenters. The lowest BCUT2D eigenvalue weighted by Gasteiger charge is -2.12. The van der Waals surface area contributed by atoms with Gasteiger partial charge in [-0.15, -0.1) is 0 Å². The van der Waals surface area contributed by atoms with E-state index in [-0.39, 0.29) is 6.10 Å². The Morgan fingerprint density at radius 3 is 3.11 bits per heavy atom. The highest BCUT2D eigenvalue weighted by molar-refractivity contribution is 5.36. The van der Waals surface area contributed by atoms with E-state index >= 15 is 0 Å². The fourth-order valence-electron chi connectivity index (χ4n) is 2.12. The number of ether oxygens (including phenoxy) is 1. The van der Waals surface area contributed by atoms with Crippen molar-refractivity contribution in [2.75, 3.05) is 18.4 Å². The summed E-state index contributed by atoms with van der Waals surface area (Å²) < 4.78 is 5.53. The van der Waals surface area contributed by atoms with E-state index in [9.17, 15) is 0 Å². The average molecular weight is 250 g/mol. The molecule has 2 heterocycles. The minimum atomic E-state index is 0.135. The fourth-order valence-corrected chi connectivity index (χ4v) is 2.12. The zero-order valence-corrected chi connectivity index (χ0v) is 11.1. The smallest absolute Gasteiger partial charge is 0.218 e. The molecule has 0 radical (unpaired) electrons. The Bertz CT molecular complexity index is 364. The summed E-state index contributed by atoms with van der Waals surface area (Å²) >= 11 is 0. The predicted molar refractivity (Wildman–Crippen MR) is 71.9 cm³/mol. The van der Waals surface area contributed by atoms with Gasteiger partial charge in [0, 0.05) is 18.7 Å². The summed E-state index contributed by atoms with van der Waals surface area (Å²) in [7, 11) is 0. The number of rotatable bonds is 6. The fraction of sp³-hybridized carbons (Fsp3) is 0.692. The van der Waals surface area contributed by atoms with E-state index in [0.717, 1.165) is 25.3 Å². The predicted octanol–water partition coefficient (Wildman–Crippen LogP) is 1.82. The van der Waals surface area contributed by atoms with E-state index in [1.807, 2.05) is 19.9 Å². The molecule has 2 rings (SSSR count). The van der Waals surface area contributed by atoms with Crippen LogP contribution in [0.15, 0.2) is 12.4 Å². The number of nitrogens with zero attached hydrogens (tertiary/aromatic N) is 2. The molecule has 100 valence electrons. The van der Waals surface area contributed by atoms with Crippen LogP contribution < -0.4 is 15.4 Å². The first kappa shape index (κ1) is 13.1. The van der Waals surface area contributed by atoms with Crippen molar-refractivity contribution in [3.63, 3.8) is 0 Å². The van der Waals surface area contributed by atoms with Crippen molar-refractivity contribution in [1.82, 2.24) is 15.3 Å². The van der Waals surface area contributed by atoms with Crippen LogP contribution in [0.4, 0.5) is 5.82 Å². The van der Waals surface area contributed by atoms with Gasteiger partial charge in [-0.3, -0.25) is 0 Å². The standard InChI is InChI=1S/C13H22N4O/c1-10(2)18-13-8-12(16-9-17-13)15-7-5-11-4-3-6-14-11/h8-11,14H,3-7H2,1-2H3,(H,15,16,17)/t11-/m1/s1. The van der Waals surface area contributed by atoms with Crippen molar-refractivity contribution < 1.29 is 4.74 Å². The molecule has 0 aliphatic carbocycles. The Hall–Kier alpha value is -1.36. The largest absolute Gasteiger partial charge is 0.475 e. The molecule has 1 aromatic heterocycles. The maximum Gasteiger partial charge on any atom is 0.218 e. The summed E-state index contributed by atoms with van der Waals surface area (Å²) in [5.74, 6) is 1.46. The minimum Gasteiger partial charge on any atom is -0.475 e. The first-order valence-corrected chi connectivity index (χ1v) is 6.70. The summed E-state index contributed by atoms with van der Waals surface area (Å²) in [6, 6.07) is 2.51. The molecule has 0 aromatic carbocycles. The zero-order chi connectivity index (χ0) is 12.8. The normalized spacial score (nSPS) is 19.2. The number of anilines is 1. The highest BCUT2D eigenvalue weighted by Gasteiger charge is 2.13. The summed E-state index contributed by atoms with van der Waals surface area (Å²) in [6.07, 6.45) is 5.38. The van der Waals surface area contributed by atoms with E-state index in [4.69, 9.17) is 4.74 Å². The molecule has 1 aromatic rings. The summed E-state index contributed by atoms with van der Waals surface area (Å²) in [5, 5.41) is 6.80. The SMILES string of the molecule is CC(C)Oc1cc(NCC[C@H]2CCCN2)ncn1. The second-order valence-corrected chi connectivity index (χ2v) is 4.92. The molecule has 0 spiro atoms. The first-order valence-electron chi connectivity index (χ1n) is 6.70. The van der Waals surface area contributed by atoms with Crippen LogP contribution >= 0.6 is 0 Å². The van der Waals surface area contributed by atoms with Crippen molar-refractivity contribution in [2.24, 2.45) is 0 Å². The molecule has 0 bridgehead atoms. The van der Waals surface area contributed by atoms with Gasteiger partial charge >= 0.3 is 0 Å². The molecule has 18 heavy (non-hydrogen) atoms. The minimum absolute atomic E-state index is 0.135. The topological polar surface area (TPSA) is 59.1 Å². The van der Waals surface area contributed by atoms with Crippen molar-refractivity contribution in [3.8, 4) is 5.88 Å². The Balaban J connectivity index is 1.77. The first-order chi connectivity index (χ1) is 8.74. The van der Waals surface area contributed by atoms with Gasteiger partial charge in [-0.05, 0) is 39.7 Å². The molecule has 0 unspecified atom stereocenters. The van der Waals surface area contributed by atoms with Crippen molar-refractivity contribution in [2.45, 2.75) is 45.3 Å². The second-order valence-electron chi connectivity index (χ2n) is 4.92. The van der Waals surface area contributed by atoms with Gasteiger partial charge in [0.15, 0.2) is 0 Å². The molecule has 1 fully saturated rings. The van der Waals surface area contributed by atoms with Gasteiger partial charge in [0.05, 0.1) is 6.10 Å². The van der Waals surface area contributed by atoms with Gasteiger partial charge in [0.1, 0.15) is 12.1 Å². The molecule has 2 N–H and O–H groups in total. The van der Waals surface area contributed by atoms with E-state index in [1.165, 1.54) is 19.2 Å². The summed E-state index contributed by atoms with van der Waals surface area (Å²) in [6.45, 7) is 6.06. The van der Waals surface area contributed by atoms with E-state index in [2.05, 4.69) is 20.6 Å². The Morgan fingerprint density at radius 2 is 2.39 bits per heavy atom. The van der Waals surface area contributed by atoms with Gasteiger partial charge in [-0.25, -0.2) is 9.97 Å². The van der Waals surface area contributed by atoms with Crippen LogP contribution in [0.1, 0.15) is 33.1 Å². The lowest BCUT2D eigenvalue weighted by atomic mass is 10.1. The van der Waals surface area contributed by atoms with Crippen LogP contribution in [0.2, 0.25) is 0 Å². The molecule has 1 aliphatic rings. The molecule has 0 saturated carbocycles.